The van der Waals surface area contributed by atoms with Crippen LogP contribution >= 0.6 is 34.8 Å². The van der Waals surface area contributed by atoms with Gasteiger partial charge in [-0.2, -0.15) is 0 Å². The highest BCUT2D eigenvalue weighted by Crippen LogP contribution is 2.25. The molecule has 0 aromatic carbocycles. The number of alkyl halides is 3. The molecule has 1 rings (SSSR count). The molecule has 0 saturated carbocycles. The van der Waals surface area contributed by atoms with Gasteiger partial charge < -0.3 is 10.1 Å². The minimum Gasteiger partial charge on any atom is -0.376 e. The number of carbonyl (C=O) groups excluding carboxylic acids is 1. The number of hydrogen-bond acceptors (Lipinski definition) is 2. The van der Waals surface area contributed by atoms with Gasteiger partial charge in [0.05, 0.1) is 6.10 Å². The van der Waals surface area contributed by atoms with Gasteiger partial charge in [0, 0.05) is 13.2 Å². The van der Waals surface area contributed by atoms with Crippen molar-refractivity contribution in [2.75, 3.05) is 13.2 Å². The van der Waals surface area contributed by atoms with Gasteiger partial charge in [0.2, 0.25) is 0 Å². The van der Waals surface area contributed by atoms with Crippen LogP contribution in [0.15, 0.2) is 0 Å². The zero-order valence-electron chi connectivity index (χ0n) is 6.86. The number of nitrogens with one attached hydrogen (secondary N) is 1. The Morgan fingerprint density at radius 2 is 2.23 bits per heavy atom. The van der Waals surface area contributed by atoms with Crippen molar-refractivity contribution < 1.29 is 9.53 Å². The van der Waals surface area contributed by atoms with Gasteiger partial charge in [0.1, 0.15) is 0 Å². The highest BCUT2D eigenvalue weighted by Gasteiger charge is 2.31. The van der Waals surface area contributed by atoms with Gasteiger partial charge in [-0.15, -0.1) is 0 Å². The lowest BCUT2D eigenvalue weighted by atomic mass is 10.2. The Hall–Kier alpha value is 0.300. The zero-order valence-corrected chi connectivity index (χ0v) is 9.12. The lowest BCUT2D eigenvalue weighted by molar-refractivity contribution is -0.120. The number of amides is 1. The lowest BCUT2D eigenvalue weighted by Gasteiger charge is -2.14. The number of carbonyl (C=O) groups is 1. The third-order valence-electron chi connectivity index (χ3n) is 1.77. The Bertz CT molecular complexity index is 187. The molecule has 0 aromatic heterocycles. The Morgan fingerprint density at radius 1 is 1.54 bits per heavy atom. The van der Waals surface area contributed by atoms with Crippen molar-refractivity contribution in [2.45, 2.75) is 22.7 Å². The molecule has 1 amide bonds. The Labute approximate surface area is 91.7 Å². The second-order valence-corrected chi connectivity index (χ2v) is 5.12. The van der Waals surface area contributed by atoms with Crippen LogP contribution in [0.5, 0.6) is 0 Å². The molecule has 0 radical (unpaired) electrons. The Morgan fingerprint density at radius 3 is 2.69 bits per heavy atom. The fourth-order valence-electron chi connectivity index (χ4n) is 1.11. The molecule has 1 unspecified atom stereocenters. The molecule has 1 aliphatic heterocycles. The summed E-state index contributed by atoms with van der Waals surface area (Å²) in [4.78, 5) is 11.1. The fourth-order valence-corrected chi connectivity index (χ4v) is 1.31. The standard InChI is InChI=1S/C7H10Cl3NO2/c8-7(9,10)6(12)11-4-5-2-1-3-13-5/h5H,1-4H2,(H,11,12). The summed E-state index contributed by atoms with van der Waals surface area (Å²) in [6.45, 7) is 1.15. The highest BCUT2D eigenvalue weighted by molar-refractivity contribution is 6.76. The maximum absolute atomic E-state index is 11.1. The first-order valence-electron chi connectivity index (χ1n) is 3.97. The topological polar surface area (TPSA) is 38.3 Å². The summed E-state index contributed by atoms with van der Waals surface area (Å²) in [5.74, 6) is -0.604. The Balaban J connectivity index is 2.22. The minimum atomic E-state index is -1.88. The summed E-state index contributed by atoms with van der Waals surface area (Å²) in [5, 5.41) is 2.50. The summed E-state index contributed by atoms with van der Waals surface area (Å²) >= 11 is 16.0. The largest absolute Gasteiger partial charge is 0.376 e. The van der Waals surface area contributed by atoms with Crippen LogP contribution in [0.3, 0.4) is 0 Å². The molecule has 76 valence electrons. The Kier molecular flexibility index (Phi) is 4.10. The van der Waals surface area contributed by atoms with E-state index < -0.39 is 9.70 Å². The van der Waals surface area contributed by atoms with Crippen LogP contribution < -0.4 is 5.32 Å². The summed E-state index contributed by atoms with van der Waals surface area (Å²) in [6, 6.07) is 0. The number of halogens is 3. The van der Waals surface area contributed by atoms with E-state index in [-0.39, 0.29) is 6.10 Å². The minimum absolute atomic E-state index is 0.0660. The van der Waals surface area contributed by atoms with Gasteiger partial charge in [-0.25, -0.2) is 0 Å². The van der Waals surface area contributed by atoms with E-state index >= 15 is 0 Å². The highest BCUT2D eigenvalue weighted by atomic mass is 35.6. The molecular formula is C7H10Cl3NO2. The first-order chi connectivity index (χ1) is 6.00. The van der Waals surface area contributed by atoms with Crippen LogP contribution in [-0.2, 0) is 9.53 Å². The van der Waals surface area contributed by atoms with Crippen LogP contribution in [0.25, 0.3) is 0 Å². The van der Waals surface area contributed by atoms with Gasteiger partial charge >= 0.3 is 0 Å². The first kappa shape index (κ1) is 11.4. The van der Waals surface area contributed by atoms with Crippen LogP contribution in [0.4, 0.5) is 0 Å². The van der Waals surface area contributed by atoms with Crippen molar-refractivity contribution in [3.05, 3.63) is 0 Å². The van der Waals surface area contributed by atoms with Crippen LogP contribution in [-0.4, -0.2) is 29.0 Å². The fraction of sp³-hybridized carbons (Fsp3) is 0.857. The molecule has 6 heteroatoms. The number of hydrogen-bond donors (Lipinski definition) is 1. The van der Waals surface area contributed by atoms with Crippen LogP contribution in [0.2, 0.25) is 0 Å². The van der Waals surface area contributed by atoms with Crippen molar-refractivity contribution in [3.63, 3.8) is 0 Å². The first-order valence-corrected chi connectivity index (χ1v) is 5.10. The van der Waals surface area contributed by atoms with E-state index in [9.17, 15) is 4.79 Å². The molecule has 3 nitrogen and oxygen atoms in total. The molecule has 0 aliphatic carbocycles. The molecular weight excluding hydrogens is 236 g/mol. The van der Waals surface area contributed by atoms with Crippen molar-refractivity contribution in [2.24, 2.45) is 0 Å². The van der Waals surface area contributed by atoms with Gasteiger partial charge in [0.25, 0.3) is 9.70 Å². The molecule has 0 spiro atoms. The summed E-state index contributed by atoms with van der Waals surface area (Å²) in [5.41, 5.74) is 0. The summed E-state index contributed by atoms with van der Waals surface area (Å²) < 4.78 is 3.40. The average Bonchev–Trinajstić information content (AvgIpc) is 2.50. The predicted octanol–water partition coefficient (Wildman–Crippen LogP) is 1.65. The van der Waals surface area contributed by atoms with E-state index in [2.05, 4.69) is 5.32 Å². The molecule has 0 aromatic rings. The van der Waals surface area contributed by atoms with Crippen molar-refractivity contribution in [3.8, 4) is 0 Å². The average molecular weight is 247 g/mol. The van der Waals surface area contributed by atoms with E-state index in [4.69, 9.17) is 39.5 Å². The van der Waals surface area contributed by atoms with E-state index in [0.29, 0.717) is 6.54 Å². The maximum atomic E-state index is 11.1. The molecule has 1 heterocycles. The van der Waals surface area contributed by atoms with Crippen molar-refractivity contribution in [1.82, 2.24) is 5.32 Å². The van der Waals surface area contributed by atoms with Gasteiger partial charge in [-0.1, -0.05) is 34.8 Å². The second kappa shape index (κ2) is 4.69. The van der Waals surface area contributed by atoms with Crippen molar-refractivity contribution in [1.29, 1.82) is 0 Å². The number of ether oxygens (including phenoxy) is 1. The molecule has 0 bridgehead atoms. The third-order valence-corrected chi connectivity index (χ3v) is 2.29. The van der Waals surface area contributed by atoms with Gasteiger partial charge in [-0.3, -0.25) is 4.79 Å². The zero-order chi connectivity index (χ0) is 9.90. The summed E-state index contributed by atoms with van der Waals surface area (Å²) in [7, 11) is 0. The van der Waals surface area contributed by atoms with E-state index in [1.807, 2.05) is 0 Å². The molecule has 1 fully saturated rings. The molecule has 1 saturated heterocycles. The monoisotopic (exact) mass is 245 g/mol. The SMILES string of the molecule is O=C(NCC1CCCO1)C(Cl)(Cl)Cl. The van der Waals surface area contributed by atoms with Crippen LogP contribution in [0.1, 0.15) is 12.8 Å². The molecule has 1 aliphatic rings. The molecule has 13 heavy (non-hydrogen) atoms. The smallest absolute Gasteiger partial charge is 0.272 e. The van der Waals surface area contributed by atoms with Gasteiger partial charge in [0.15, 0.2) is 0 Å². The molecule has 1 atom stereocenters. The normalized spacial score (nSPS) is 23.2. The van der Waals surface area contributed by atoms with E-state index in [1.165, 1.54) is 0 Å². The van der Waals surface area contributed by atoms with Crippen LogP contribution in [0, 0.1) is 0 Å². The number of rotatable bonds is 2. The maximum Gasteiger partial charge on any atom is 0.272 e. The van der Waals surface area contributed by atoms with Gasteiger partial charge in [-0.05, 0) is 12.8 Å². The summed E-state index contributed by atoms with van der Waals surface area (Å²) in [6.07, 6.45) is 2.03. The molecule has 1 N–H and O–H groups in total. The van der Waals surface area contributed by atoms with E-state index in [0.717, 1.165) is 19.4 Å². The van der Waals surface area contributed by atoms with Crippen molar-refractivity contribution >= 4 is 40.7 Å². The second-order valence-electron chi connectivity index (χ2n) is 2.84. The predicted molar refractivity (Wildman–Crippen MR) is 52.3 cm³/mol. The van der Waals surface area contributed by atoms with E-state index in [1.54, 1.807) is 0 Å². The lowest BCUT2D eigenvalue weighted by Crippen LogP contribution is -2.39. The third kappa shape index (κ3) is 3.90. The quantitative estimate of drug-likeness (QED) is 0.753.